The minimum atomic E-state index is -3.87. The Kier molecular flexibility index (Phi) is 6.07. The van der Waals surface area contributed by atoms with E-state index in [2.05, 4.69) is 4.72 Å². The fourth-order valence-corrected chi connectivity index (χ4v) is 3.13. The molecule has 0 aliphatic rings. The van der Waals surface area contributed by atoms with Crippen LogP contribution in [0.2, 0.25) is 0 Å². The molecule has 0 aromatic heterocycles. The van der Waals surface area contributed by atoms with E-state index in [0.717, 1.165) is 12.6 Å². The molecule has 1 unspecified atom stereocenters. The molecule has 0 heterocycles. The van der Waals surface area contributed by atoms with Crippen molar-refractivity contribution in [3.05, 3.63) is 29.6 Å². The molecule has 0 aliphatic heterocycles. The molecule has 3 N–H and O–H groups in total. The van der Waals surface area contributed by atoms with E-state index in [1.54, 1.807) is 6.92 Å². The van der Waals surface area contributed by atoms with Gasteiger partial charge in [0.05, 0.1) is 0 Å². The predicted octanol–water partition coefficient (Wildman–Crippen LogP) is 0.903. The quantitative estimate of drug-likeness (QED) is 0.785. The maximum atomic E-state index is 13.7. The monoisotopic (exact) mass is 303 g/mol. The van der Waals surface area contributed by atoms with Gasteiger partial charge in [-0.15, -0.1) is 0 Å². The van der Waals surface area contributed by atoms with Gasteiger partial charge < -0.3 is 10.6 Å². The van der Waals surface area contributed by atoms with Crippen LogP contribution in [-0.2, 0) is 16.6 Å². The lowest BCUT2D eigenvalue weighted by Gasteiger charge is -2.17. The van der Waals surface area contributed by atoms with Crippen molar-refractivity contribution in [2.75, 3.05) is 20.6 Å². The number of hydrogen-bond acceptors (Lipinski definition) is 4. The first-order valence-corrected chi connectivity index (χ1v) is 7.90. The van der Waals surface area contributed by atoms with Crippen molar-refractivity contribution in [3.63, 3.8) is 0 Å². The zero-order valence-corrected chi connectivity index (χ0v) is 12.9. The SMILES string of the molecule is CC(CCN(C)C)NS(=O)(=O)c1cc(CN)ccc1F. The Morgan fingerprint density at radius 1 is 1.40 bits per heavy atom. The highest BCUT2D eigenvalue weighted by molar-refractivity contribution is 7.89. The average molecular weight is 303 g/mol. The van der Waals surface area contributed by atoms with Crippen LogP contribution in [0.1, 0.15) is 18.9 Å². The highest BCUT2D eigenvalue weighted by atomic mass is 32.2. The second-order valence-electron chi connectivity index (χ2n) is 5.08. The van der Waals surface area contributed by atoms with Gasteiger partial charge in [0.1, 0.15) is 10.7 Å². The van der Waals surface area contributed by atoms with Crippen molar-refractivity contribution in [1.82, 2.24) is 9.62 Å². The maximum absolute atomic E-state index is 13.7. The molecule has 0 amide bonds. The van der Waals surface area contributed by atoms with E-state index in [-0.39, 0.29) is 17.5 Å². The first-order chi connectivity index (χ1) is 9.26. The standard InChI is InChI=1S/C13H22FN3O2S/c1-10(6-7-17(2)3)16-20(18,19)13-8-11(9-15)4-5-12(13)14/h4-5,8,10,16H,6-7,9,15H2,1-3H3. The van der Waals surface area contributed by atoms with E-state index in [9.17, 15) is 12.8 Å². The zero-order valence-electron chi connectivity index (χ0n) is 12.1. The number of sulfonamides is 1. The first kappa shape index (κ1) is 17.0. The summed E-state index contributed by atoms with van der Waals surface area (Å²) in [6, 6.07) is 3.60. The van der Waals surface area contributed by atoms with Gasteiger partial charge >= 0.3 is 0 Å². The van der Waals surface area contributed by atoms with Crippen LogP contribution in [0.3, 0.4) is 0 Å². The molecule has 0 fully saturated rings. The third-order valence-corrected chi connectivity index (χ3v) is 4.49. The summed E-state index contributed by atoms with van der Waals surface area (Å²) in [5.41, 5.74) is 6.03. The van der Waals surface area contributed by atoms with Gasteiger partial charge in [0, 0.05) is 12.6 Å². The van der Waals surface area contributed by atoms with Crippen LogP contribution >= 0.6 is 0 Å². The summed E-state index contributed by atoms with van der Waals surface area (Å²) in [5.74, 6) is -0.769. The summed E-state index contributed by atoms with van der Waals surface area (Å²) < 4.78 is 40.5. The zero-order chi connectivity index (χ0) is 15.3. The molecule has 1 aromatic rings. The molecule has 0 bridgehead atoms. The van der Waals surface area contributed by atoms with Crippen molar-refractivity contribution in [1.29, 1.82) is 0 Å². The number of halogens is 1. The summed E-state index contributed by atoms with van der Waals surface area (Å²) in [5, 5.41) is 0. The van der Waals surface area contributed by atoms with Crippen LogP contribution in [0.5, 0.6) is 0 Å². The van der Waals surface area contributed by atoms with Gasteiger partial charge in [-0.2, -0.15) is 0 Å². The van der Waals surface area contributed by atoms with Crippen LogP contribution in [0, 0.1) is 5.82 Å². The summed E-state index contributed by atoms with van der Waals surface area (Å²) in [7, 11) is -0.0531. The molecular formula is C13H22FN3O2S. The molecule has 0 radical (unpaired) electrons. The van der Waals surface area contributed by atoms with Crippen LogP contribution in [0.15, 0.2) is 23.1 Å². The van der Waals surface area contributed by atoms with E-state index in [0.29, 0.717) is 12.0 Å². The van der Waals surface area contributed by atoms with Gasteiger partial charge in [0.15, 0.2) is 0 Å². The fourth-order valence-electron chi connectivity index (χ4n) is 1.72. The van der Waals surface area contributed by atoms with E-state index >= 15 is 0 Å². The van der Waals surface area contributed by atoms with Gasteiger partial charge in [0.2, 0.25) is 10.0 Å². The van der Waals surface area contributed by atoms with Crippen LogP contribution in [0.25, 0.3) is 0 Å². The second-order valence-corrected chi connectivity index (χ2v) is 6.77. The third kappa shape index (κ3) is 4.82. The Balaban J connectivity index is 2.88. The lowest BCUT2D eigenvalue weighted by atomic mass is 10.2. The first-order valence-electron chi connectivity index (χ1n) is 6.42. The number of nitrogens with one attached hydrogen (secondary N) is 1. The molecule has 114 valence electrons. The normalized spacial score (nSPS) is 13.7. The lowest BCUT2D eigenvalue weighted by Crippen LogP contribution is -2.35. The van der Waals surface area contributed by atoms with Crippen LogP contribution in [0.4, 0.5) is 4.39 Å². The number of benzene rings is 1. The summed E-state index contributed by atoms with van der Waals surface area (Å²) >= 11 is 0. The van der Waals surface area contributed by atoms with Crippen molar-refractivity contribution in [2.45, 2.75) is 30.8 Å². The molecule has 0 saturated carbocycles. The number of hydrogen-bond donors (Lipinski definition) is 2. The maximum Gasteiger partial charge on any atom is 0.243 e. The number of rotatable bonds is 7. The summed E-state index contributed by atoms with van der Waals surface area (Å²) in [4.78, 5) is 1.61. The highest BCUT2D eigenvalue weighted by Gasteiger charge is 2.21. The van der Waals surface area contributed by atoms with E-state index in [1.165, 1.54) is 12.1 Å². The molecule has 1 aromatic carbocycles. The Hall–Kier alpha value is -1.02. The van der Waals surface area contributed by atoms with Crippen LogP contribution < -0.4 is 10.5 Å². The van der Waals surface area contributed by atoms with Gasteiger partial charge in [0.25, 0.3) is 0 Å². The Morgan fingerprint density at radius 3 is 2.60 bits per heavy atom. The Bertz CT molecular complexity index is 547. The Morgan fingerprint density at radius 2 is 2.05 bits per heavy atom. The van der Waals surface area contributed by atoms with Gasteiger partial charge in [-0.25, -0.2) is 17.5 Å². The van der Waals surface area contributed by atoms with E-state index in [4.69, 9.17) is 5.73 Å². The van der Waals surface area contributed by atoms with Crippen molar-refractivity contribution in [3.8, 4) is 0 Å². The van der Waals surface area contributed by atoms with Gasteiger partial charge in [-0.1, -0.05) is 6.07 Å². The number of nitrogens with two attached hydrogens (primary N) is 1. The summed E-state index contributed by atoms with van der Waals surface area (Å²) in [6.07, 6.45) is 0.643. The molecule has 0 spiro atoms. The molecule has 1 atom stereocenters. The van der Waals surface area contributed by atoms with E-state index < -0.39 is 15.8 Å². The topological polar surface area (TPSA) is 75.4 Å². The minimum absolute atomic E-state index is 0.166. The van der Waals surface area contributed by atoms with Gasteiger partial charge in [-0.3, -0.25) is 0 Å². The van der Waals surface area contributed by atoms with Crippen molar-refractivity contribution >= 4 is 10.0 Å². The molecule has 0 aliphatic carbocycles. The van der Waals surface area contributed by atoms with E-state index in [1.807, 2.05) is 19.0 Å². The third-order valence-electron chi connectivity index (χ3n) is 2.89. The molecule has 0 saturated heterocycles. The summed E-state index contributed by atoms with van der Waals surface area (Å²) in [6.45, 7) is 2.67. The second kappa shape index (κ2) is 7.12. The average Bonchev–Trinajstić information content (AvgIpc) is 2.36. The van der Waals surface area contributed by atoms with Crippen molar-refractivity contribution < 1.29 is 12.8 Å². The largest absolute Gasteiger partial charge is 0.326 e. The molecular weight excluding hydrogens is 281 g/mol. The van der Waals surface area contributed by atoms with Gasteiger partial charge in [-0.05, 0) is 51.7 Å². The smallest absolute Gasteiger partial charge is 0.243 e. The molecule has 5 nitrogen and oxygen atoms in total. The van der Waals surface area contributed by atoms with Crippen molar-refractivity contribution in [2.24, 2.45) is 5.73 Å². The number of nitrogens with zero attached hydrogens (tertiary/aromatic N) is 1. The fraction of sp³-hybridized carbons (Fsp3) is 0.538. The molecule has 1 rings (SSSR count). The lowest BCUT2D eigenvalue weighted by molar-refractivity contribution is 0.378. The highest BCUT2D eigenvalue weighted by Crippen LogP contribution is 2.17. The predicted molar refractivity (Wildman–Crippen MR) is 77.2 cm³/mol. The minimum Gasteiger partial charge on any atom is -0.326 e. The Labute approximate surface area is 120 Å². The molecule has 7 heteroatoms. The molecule has 20 heavy (non-hydrogen) atoms. The van der Waals surface area contributed by atoms with Crippen LogP contribution in [-0.4, -0.2) is 40.0 Å².